The van der Waals surface area contributed by atoms with Crippen LogP contribution in [0.4, 0.5) is 5.13 Å². The van der Waals surface area contributed by atoms with Gasteiger partial charge in [0.25, 0.3) is 5.91 Å². The van der Waals surface area contributed by atoms with Gasteiger partial charge in [-0.25, -0.2) is 4.98 Å². The Bertz CT molecular complexity index is 1200. The van der Waals surface area contributed by atoms with Gasteiger partial charge in [-0.05, 0) is 6.07 Å². The first-order valence-electron chi connectivity index (χ1n) is 7.33. The normalized spacial score (nSPS) is 11.4. The molecule has 0 saturated carbocycles. The average Bonchev–Trinajstić information content (AvgIpc) is 3.36. The Morgan fingerprint density at radius 2 is 2.00 bits per heavy atom. The molecule has 25 heavy (non-hydrogen) atoms. The number of nitrogens with zero attached hydrogens (tertiary/aromatic N) is 4. The van der Waals surface area contributed by atoms with E-state index in [4.69, 9.17) is 0 Å². The molecular formula is C16H9N5OS3. The summed E-state index contributed by atoms with van der Waals surface area (Å²) in [7, 11) is 0. The van der Waals surface area contributed by atoms with Crippen molar-refractivity contribution >= 4 is 60.4 Å². The number of carbonyl (C=O) groups excluding carboxylic acids is 1. The Morgan fingerprint density at radius 1 is 1.12 bits per heavy atom. The molecule has 0 unspecified atom stereocenters. The zero-order valence-electron chi connectivity index (χ0n) is 12.5. The van der Waals surface area contributed by atoms with Crippen LogP contribution < -0.4 is 5.32 Å². The fourth-order valence-corrected chi connectivity index (χ4v) is 4.93. The number of fused-ring (bicyclic) bond motifs is 3. The molecule has 9 heteroatoms. The second-order valence-electron chi connectivity index (χ2n) is 5.20. The highest BCUT2D eigenvalue weighted by molar-refractivity contribution is 7.21. The van der Waals surface area contributed by atoms with E-state index in [2.05, 4.69) is 20.5 Å². The molecule has 5 aromatic rings. The summed E-state index contributed by atoms with van der Waals surface area (Å²) in [4.78, 5) is 19.4. The van der Waals surface area contributed by atoms with Gasteiger partial charge in [0.05, 0.1) is 10.4 Å². The third-order valence-corrected chi connectivity index (χ3v) is 6.29. The predicted molar refractivity (Wildman–Crippen MR) is 102 cm³/mol. The second kappa shape index (κ2) is 5.73. The number of nitrogens with one attached hydrogen (secondary N) is 1. The fourth-order valence-electron chi connectivity index (χ4n) is 2.49. The molecule has 1 N–H and O–H groups in total. The van der Waals surface area contributed by atoms with Crippen molar-refractivity contribution in [1.82, 2.24) is 19.6 Å². The summed E-state index contributed by atoms with van der Waals surface area (Å²) >= 11 is 4.31. The van der Waals surface area contributed by atoms with Gasteiger partial charge in [-0.2, -0.15) is 0 Å². The van der Waals surface area contributed by atoms with E-state index in [1.165, 1.54) is 22.7 Å². The summed E-state index contributed by atoms with van der Waals surface area (Å²) in [6, 6.07) is 11.6. The van der Waals surface area contributed by atoms with Crippen LogP contribution in [0.25, 0.3) is 25.9 Å². The van der Waals surface area contributed by atoms with Crippen LogP contribution in [0.3, 0.4) is 0 Å². The Morgan fingerprint density at radius 3 is 2.88 bits per heavy atom. The van der Waals surface area contributed by atoms with Crippen LogP contribution in [0.15, 0.2) is 48.0 Å². The summed E-state index contributed by atoms with van der Waals surface area (Å²) < 4.78 is 1.99. The number of aromatic nitrogens is 4. The lowest BCUT2D eigenvalue weighted by atomic mass is 10.2. The molecule has 122 valence electrons. The molecular weight excluding hydrogens is 374 g/mol. The number of hydrogen-bond donors (Lipinski definition) is 1. The third kappa shape index (κ3) is 2.53. The average molecular weight is 383 g/mol. The van der Waals surface area contributed by atoms with Crippen molar-refractivity contribution in [2.24, 2.45) is 0 Å². The van der Waals surface area contributed by atoms with Crippen LogP contribution in [0.1, 0.15) is 9.67 Å². The maximum absolute atomic E-state index is 12.5. The largest absolute Gasteiger partial charge is 0.296 e. The van der Waals surface area contributed by atoms with E-state index in [1.807, 2.05) is 52.4 Å². The summed E-state index contributed by atoms with van der Waals surface area (Å²) in [5.41, 5.74) is 1.93. The van der Waals surface area contributed by atoms with E-state index in [0.717, 1.165) is 25.9 Å². The molecule has 0 aliphatic rings. The van der Waals surface area contributed by atoms with Crippen LogP contribution in [0.5, 0.6) is 0 Å². The molecule has 5 rings (SSSR count). The topological polar surface area (TPSA) is 72.2 Å². The first-order valence-corrected chi connectivity index (χ1v) is 9.84. The number of benzene rings is 1. The Hall–Kier alpha value is -2.62. The standard InChI is InChI=1S/C16H9N5OS3/c22-12(11-8-10-14(24-11)18-16-21(10)6-7-23-16)17-15-20-19-13(25-15)9-4-2-1-3-5-9/h1-8H,(H,17,20,22). The SMILES string of the molecule is O=C(Nc1nnc(-c2ccccc2)s1)c1cc2c(nc3sccn32)s1. The van der Waals surface area contributed by atoms with Gasteiger partial charge in [0.15, 0.2) is 4.96 Å². The fraction of sp³-hybridized carbons (Fsp3) is 0. The number of thiazole rings is 1. The zero-order valence-corrected chi connectivity index (χ0v) is 15.0. The molecule has 1 aromatic carbocycles. The van der Waals surface area contributed by atoms with E-state index < -0.39 is 0 Å². The van der Waals surface area contributed by atoms with Gasteiger partial charge in [-0.3, -0.25) is 14.5 Å². The van der Waals surface area contributed by atoms with Crippen molar-refractivity contribution in [2.75, 3.05) is 5.32 Å². The lowest BCUT2D eigenvalue weighted by Gasteiger charge is -1.96. The minimum Gasteiger partial charge on any atom is -0.296 e. The Kier molecular flexibility index (Phi) is 3.37. The van der Waals surface area contributed by atoms with Gasteiger partial charge >= 0.3 is 0 Å². The zero-order chi connectivity index (χ0) is 16.8. The quantitative estimate of drug-likeness (QED) is 0.502. The number of carbonyl (C=O) groups is 1. The number of imidazole rings is 1. The number of thiophene rings is 1. The van der Waals surface area contributed by atoms with E-state index in [-0.39, 0.29) is 5.91 Å². The van der Waals surface area contributed by atoms with Gasteiger partial charge in [0.1, 0.15) is 9.84 Å². The number of anilines is 1. The molecule has 0 fully saturated rings. The molecule has 6 nitrogen and oxygen atoms in total. The van der Waals surface area contributed by atoms with Crippen LogP contribution in [0.2, 0.25) is 0 Å². The van der Waals surface area contributed by atoms with Crippen molar-refractivity contribution in [3.05, 3.63) is 52.9 Å². The minimum atomic E-state index is -0.192. The highest BCUT2D eigenvalue weighted by Gasteiger charge is 2.17. The highest BCUT2D eigenvalue weighted by Crippen LogP contribution is 2.30. The second-order valence-corrected chi connectivity index (χ2v) is 8.08. The van der Waals surface area contributed by atoms with Gasteiger partial charge in [-0.1, -0.05) is 41.7 Å². The maximum atomic E-state index is 12.5. The molecule has 0 saturated heterocycles. The van der Waals surface area contributed by atoms with Gasteiger partial charge < -0.3 is 0 Å². The number of rotatable bonds is 3. The van der Waals surface area contributed by atoms with Crippen molar-refractivity contribution in [3.63, 3.8) is 0 Å². The van der Waals surface area contributed by atoms with E-state index in [1.54, 1.807) is 11.3 Å². The monoisotopic (exact) mass is 383 g/mol. The summed E-state index contributed by atoms with van der Waals surface area (Å²) in [5, 5.41) is 14.3. The first-order chi connectivity index (χ1) is 12.3. The van der Waals surface area contributed by atoms with E-state index in [0.29, 0.717) is 10.0 Å². The van der Waals surface area contributed by atoms with E-state index in [9.17, 15) is 4.79 Å². The van der Waals surface area contributed by atoms with Crippen LogP contribution in [-0.2, 0) is 0 Å². The molecule has 4 heterocycles. The molecule has 4 aromatic heterocycles. The summed E-state index contributed by atoms with van der Waals surface area (Å²) in [5.74, 6) is -0.192. The number of amides is 1. The van der Waals surface area contributed by atoms with Crippen LogP contribution in [-0.4, -0.2) is 25.5 Å². The smallest absolute Gasteiger partial charge is 0.267 e. The first kappa shape index (κ1) is 14.7. The van der Waals surface area contributed by atoms with Gasteiger partial charge in [0, 0.05) is 17.1 Å². The van der Waals surface area contributed by atoms with Gasteiger partial charge in [-0.15, -0.1) is 32.9 Å². The summed E-state index contributed by atoms with van der Waals surface area (Å²) in [6.45, 7) is 0. The van der Waals surface area contributed by atoms with Crippen molar-refractivity contribution < 1.29 is 4.79 Å². The van der Waals surface area contributed by atoms with Crippen LogP contribution >= 0.6 is 34.0 Å². The highest BCUT2D eigenvalue weighted by atomic mass is 32.1. The van der Waals surface area contributed by atoms with E-state index >= 15 is 0 Å². The lowest BCUT2D eigenvalue weighted by molar-refractivity contribution is 0.103. The molecule has 1 amide bonds. The van der Waals surface area contributed by atoms with Crippen molar-refractivity contribution in [1.29, 1.82) is 0 Å². The molecule has 0 aliphatic heterocycles. The lowest BCUT2D eigenvalue weighted by Crippen LogP contribution is -2.09. The Balaban J connectivity index is 1.41. The van der Waals surface area contributed by atoms with Crippen molar-refractivity contribution in [2.45, 2.75) is 0 Å². The van der Waals surface area contributed by atoms with Gasteiger partial charge in [0.2, 0.25) is 5.13 Å². The maximum Gasteiger partial charge on any atom is 0.267 e. The van der Waals surface area contributed by atoms with Crippen molar-refractivity contribution in [3.8, 4) is 10.6 Å². The molecule has 0 spiro atoms. The molecule has 0 bridgehead atoms. The molecule has 0 aliphatic carbocycles. The number of hydrogen-bond acceptors (Lipinski definition) is 7. The molecule has 0 radical (unpaired) electrons. The Labute approximate surface area is 153 Å². The molecule has 0 atom stereocenters. The third-order valence-electron chi connectivity index (χ3n) is 3.63. The predicted octanol–water partition coefficient (Wildman–Crippen LogP) is 4.38. The summed E-state index contributed by atoms with van der Waals surface area (Å²) in [6.07, 6.45) is 1.96. The minimum absolute atomic E-state index is 0.192. The van der Waals surface area contributed by atoms with Crippen LogP contribution in [0, 0.1) is 0 Å².